The van der Waals surface area contributed by atoms with Crippen LogP contribution in [0.4, 0.5) is 0 Å². The van der Waals surface area contributed by atoms with Crippen LogP contribution in [0, 0.1) is 0 Å². The van der Waals surface area contributed by atoms with Gasteiger partial charge in [-0.05, 0) is 45.0 Å². The van der Waals surface area contributed by atoms with E-state index in [-0.39, 0.29) is 5.91 Å². The molecule has 20 heavy (non-hydrogen) atoms. The highest BCUT2D eigenvalue weighted by Gasteiger charge is 2.23. The summed E-state index contributed by atoms with van der Waals surface area (Å²) in [5.41, 5.74) is 3.03. The van der Waals surface area contributed by atoms with Crippen LogP contribution >= 0.6 is 0 Å². The maximum Gasteiger partial charge on any atom is 0.301 e. The molecule has 6 heteroatoms. The fraction of sp³-hybridized carbons (Fsp3) is 0.643. The number of hydrogen-bond donors (Lipinski definition) is 3. The second-order valence-electron chi connectivity index (χ2n) is 5.20. The van der Waals surface area contributed by atoms with Crippen molar-refractivity contribution in [1.82, 2.24) is 15.6 Å². The number of nitrogens with zero attached hydrogens (tertiary/aromatic N) is 1. The van der Waals surface area contributed by atoms with Gasteiger partial charge in [0, 0.05) is 18.2 Å². The number of amides is 1. The SMILES string of the molecule is CCCN(Cc1ccoc1C(=O)NN)C1CCNCC1. The highest BCUT2D eigenvalue weighted by atomic mass is 16.3. The number of piperidine rings is 1. The van der Waals surface area contributed by atoms with E-state index in [4.69, 9.17) is 10.3 Å². The van der Waals surface area contributed by atoms with Crippen LogP contribution in [-0.2, 0) is 6.54 Å². The minimum Gasteiger partial charge on any atom is -0.459 e. The summed E-state index contributed by atoms with van der Waals surface area (Å²) in [5.74, 6) is 5.14. The number of hydrazine groups is 1. The van der Waals surface area contributed by atoms with Crippen LogP contribution in [0.25, 0.3) is 0 Å². The smallest absolute Gasteiger partial charge is 0.301 e. The van der Waals surface area contributed by atoms with Crippen LogP contribution < -0.4 is 16.6 Å². The van der Waals surface area contributed by atoms with Crippen molar-refractivity contribution in [3.05, 3.63) is 23.7 Å². The maximum atomic E-state index is 11.7. The number of hydrogen-bond acceptors (Lipinski definition) is 5. The number of carbonyl (C=O) groups excluding carboxylic acids is 1. The molecule has 1 aliphatic heterocycles. The summed E-state index contributed by atoms with van der Waals surface area (Å²) in [6, 6.07) is 2.42. The van der Waals surface area contributed by atoms with Gasteiger partial charge in [0.25, 0.3) is 0 Å². The Balaban J connectivity index is 2.07. The predicted octanol–water partition coefficient (Wildman–Crippen LogP) is 0.847. The summed E-state index contributed by atoms with van der Waals surface area (Å²) in [5, 5.41) is 3.38. The Morgan fingerprint density at radius 2 is 2.30 bits per heavy atom. The summed E-state index contributed by atoms with van der Waals surface area (Å²) in [7, 11) is 0. The number of nitrogens with two attached hydrogens (primary N) is 1. The first kappa shape index (κ1) is 15.0. The molecular formula is C14H24N4O2. The van der Waals surface area contributed by atoms with Crippen LogP contribution in [0.5, 0.6) is 0 Å². The van der Waals surface area contributed by atoms with Gasteiger partial charge in [-0.15, -0.1) is 0 Å². The molecule has 0 bridgehead atoms. The van der Waals surface area contributed by atoms with Crippen molar-refractivity contribution in [2.24, 2.45) is 5.84 Å². The van der Waals surface area contributed by atoms with E-state index < -0.39 is 0 Å². The van der Waals surface area contributed by atoms with E-state index in [0.29, 0.717) is 11.8 Å². The molecule has 0 aromatic carbocycles. The van der Waals surface area contributed by atoms with Gasteiger partial charge >= 0.3 is 5.91 Å². The van der Waals surface area contributed by atoms with E-state index in [1.807, 2.05) is 6.07 Å². The second kappa shape index (κ2) is 7.42. The quantitative estimate of drug-likeness (QED) is 0.409. The summed E-state index contributed by atoms with van der Waals surface area (Å²) < 4.78 is 5.25. The first-order valence-electron chi connectivity index (χ1n) is 7.28. The van der Waals surface area contributed by atoms with Crippen molar-refractivity contribution in [3.8, 4) is 0 Å². The van der Waals surface area contributed by atoms with Crippen molar-refractivity contribution in [1.29, 1.82) is 0 Å². The summed E-state index contributed by atoms with van der Waals surface area (Å²) in [6.45, 7) is 6.06. The molecule has 2 rings (SSSR count). The van der Waals surface area contributed by atoms with Crippen molar-refractivity contribution in [3.63, 3.8) is 0 Å². The summed E-state index contributed by atoms with van der Waals surface area (Å²) >= 11 is 0. The molecule has 0 aliphatic carbocycles. The minimum atomic E-state index is -0.369. The number of rotatable bonds is 6. The Morgan fingerprint density at radius 3 is 2.95 bits per heavy atom. The van der Waals surface area contributed by atoms with Gasteiger partial charge in [-0.25, -0.2) is 5.84 Å². The average molecular weight is 280 g/mol. The Labute approximate surface area is 119 Å². The highest BCUT2D eigenvalue weighted by Crippen LogP contribution is 2.19. The molecule has 6 nitrogen and oxygen atoms in total. The zero-order valence-electron chi connectivity index (χ0n) is 12.0. The third kappa shape index (κ3) is 3.59. The van der Waals surface area contributed by atoms with Gasteiger partial charge in [0.15, 0.2) is 5.76 Å². The molecule has 0 radical (unpaired) electrons. The van der Waals surface area contributed by atoms with Gasteiger partial charge in [-0.1, -0.05) is 6.92 Å². The monoisotopic (exact) mass is 280 g/mol. The summed E-state index contributed by atoms with van der Waals surface area (Å²) in [4.78, 5) is 14.1. The van der Waals surface area contributed by atoms with Crippen LogP contribution in [-0.4, -0.2) is 36.5 Å². The molecule has 0 spiro atoms. The number of nitrogen functional groups attached to an aromatic ring is 1. The first-order chi connectivity index (χ1) is 9.76. The van der Waals surface area contributed by atoms with E-state index in [1.165, 1.54) is 0 Å². The standard InChI is InChI=1S/C14H24N4O2/c1-2-8-18(12-3-6-16-7-4-12)10-11-5-9-20-13(11)14(19)17-15/h5,9,12,16H,2-4,6-8,10,15H2,1H3,(H,17,19). The van der Waals surface area contributed by atoms with Crippen molar-refractivity contribution < 1.29 is 9.21 Å². The lowest BCUT2D eigenvalue weighted by Gasteiger charge is -2.34. The summed E-state index contributed by atoms with van der Waals surface area (Å²) in [6.07, 6.45) is 4.94. The van der Waals surface area contributed by atoms with Gasteiger partial charge in [-0.2, -0.15) is 0 Å². The maximum absolute atomic E-state index is 11.7. The fourth-order valence-corrected chi connectivity index (χ4v) is 2.79. The first-order valence-corrected chi connectivity index (χ1v) is 7.28. The third-order valence-corrected chi connectivity index (χ3v) is 3.79. The van der Waals surface area contributed by atoms with E-state index in [2.05, 4.69) is 22.6 Å². The van der Waals surface area contributed by atoms with E-state index in [1.54, 1.807) is 6.26 Å². The van der Waals surface area contributed by atoms with E-state index in [0.717, 1.165) is 51.0 Å². The molecule has 0 unspecified atom stereocenters. The molecule has 1 aromatic heterocycles. The van der Waals surface area contributed by atoms with Crippen molar-refractivity contribution >= 4 is 5.91 Å². The molecule has 0 atom stereocenters. The number of furan rings is 1. The lowest BCUT2D eigenvalue weighted by atomic mass is 10.0. The predicted molar refractivity (Wildman–Crippen MR) is 77.0 cm³/mol. The molecule has 0 saturated carbocycles. The largest absolute Gasteiger partial charge is 0.459 e. The van der Waals surface area contributed by atoms with Gasteiger partial charge < -0.3 is 9.73 Å². The molecule has 1 fully saturated rings. The Bertz CT molecular complexity index is 427. The normalized spacial score (nSPS) is 16.6. The van der Waals surface area contributed by atoms with Gasteiger partial charge in [0.2, 0.25) is 0 Å². The molecule has 1 amide bonds. The van der Waals surface area contributed by atoms with E-state index in [9.17, 15) is 4.79 Å². The zero-order valence-corrected chi connectivity index (χ0v) is 12.0. The van der Waals surface area contributed by atoms with Gasteiger partial charge in [0.1, 0.15) is 0 Å². The fourth-order valence-electron chi connectivity index (χ4n) is 2.79. The Hall–Kier alpha value is -1.37. The highest BCUT2D eigenvalue weighted by molar-refractivity contribution is 5.92. The van der Waals surface area contributed by atoms with Crippen molar-refractivity contribution in [2.45, 2.75) is 38.8 Å². The lowest BCUT2D eigenvalue weighted by Crippen LogP contribution is -2.43. The van der Waals surface area contributed by atoms with Crippen LogP contribution in [0.3, 0.4) is 0 Å². The van der Waals surface area contributed by atoms with Gasteiger partial charge in [0.05, 0.1) is 6.26 Å². The molecule has 112 valence electrons. The van der Waals surface area contributed by atoms with E-state index >= 15 is 0 Å². The minimum absolute atomic E-state index is 0.322. The molecular weight excluding hydrogens is 256 g/mol. The van der Waals surface area contributed by atoms with Crippen LogP contribution in [0.1, 0.15) is 42.3 Å². The average Bonchev–Trinajstić information content (AvgIpc) is 2.95. The number of nitrogens with one attached hydrogen (secondary N) is 2. The molecule has 2 heterocycles. The lowest BCUT2D eigenvalue weighted by molar-refractivity contribution is 0.0920. The molecule has 4 N–H and O–H groups in total. The topological polar surface area (TPSA) is 83.5 Å². The van der Waals surface area contributed by atoms with Gasteiger partial charge in [-0.3, -0.25) is 15.1 Å². The number of carbonyl (C=O) groups is 1. The third-order valence-electron chi connectivity index (χ3n) is 3.79. The Kier molecular flexibility index (Phi) is 5.58. The van der Waals surface area contributed by atoms with Crippen molar-refractivity contribution in [2.75, 3.05) is 19.6 Å². The molecule has 1 saturated heterocycles. The zero-order chi connectivity index (χ0) is 14.4. The van der Waals surface area contributed by atoms with Crippen LogP contribution in [0.15, 0.2) is 16.7 Å². The Morgan fingerprint density at radius 1 is 1.55 bits per heavy atom. The molecule has 1 aromatic rings. The second-order valence-corrected chi connectivity index (χ2v) is 5.20. The molecule has 1 aliphatic rings. The van der Waals surface area contributed by atoms with Crippen LogP contribution in [0.2, 0.25) is 0 Å².